The topological polar surface area (TPSA) is 110 Å². The Balaban J connectivity index is 2.77. The summed E-state index contributed by atoms with van der Waals surface area (Å²) in [5, 5.41) is 11.4. The molecule has 2 N–H and O–H groups in total. The normalized spacial score (nSPS) is 11.9. The van der Waals surface area contributed by atoms with Crippen molar-refractivity contribution in [3.05, 3.63) is 33.1 Å². The lowest BCUT2D eigenvalue weighted by Crippen LogP contribution is -2.45. The minimum atomic E-state index is -1.12. The highest BCUT2D eigenvalue weighted by atomic mass is 32.2. The van der Waals surface area contributed by atoms with E-state index in [1.807, 2.05) is 6.26 Å². The second-order valence-electron chi connectivity index (χ2n) is 4.36. The number of carboxylic acids is 1. The molecule has 0 aliphatic carbocycles. The molecule has 0 aliphatic heterocycles. The third-order valence-corrected chi connectivity index (χ3v) is 3.46. The van der Waals surface area contributed by atoms with Crippen molar-refractivity contribution in [3.8, 4) is 0 Å². The molecule has 1 heterocycles. The highest BCUT2D eigenvalue weighted by molar-refractivity contribution is 7.98. The molecule has 0 aromatic carbocycles. The Morgan fingerprint density at radius 2 is 2.10 bits per heavy atom. The molecular formula is C12H17N3O5S. The first-order chi connectivity index (χ1) is 9.86. The van der Waals surface area contributed by atoms with E-state index in [0.717, 1.165) is 15.2 Å². The minimum absolute atomic E-state index is 0.296. The summed E-state index contributed by atoms with van der Waals surface area (Å²) in [6.07, 6.45) is 3.34. The molecule has 0 saturated carbocycles. The van der Waals surface area contributed by atoms with Crippen LogP contribution in [0.5, 0.6) is 0 Å². The SMILES string of the molecule is CSCC[C@H](NC(=O)Cn1ccc(=O)n(C)c1=O)C(=O)O. The summed E-state index contributed by atoms with van der Waals surface area (Å²) in [5.41, 5.74) is -1.10. The van der Waals surface area contributed by atoms with Gasteiger partial charge in [-0.1, -0.05) is 0 Å². The van der Waals surface area contributed by atoms with Gasteiger partial charge < -0.3 is 10.4 Å². The molecule has 0 bridgehead atoms. The lowest BCUT2D eigenvalue weighted by molar-refractivity contribution is -0.142. The van der Waals surface area contributed by atoms with Crippen molar-refractivity contribution in [2.45, 2.75) is 19.0 Å². The number of aromatic nitrogens is 2. The Morgan fingerprint density at radius 3 is 2.67 bits per heavy atom. The van der Waals surface area contributed by atoms with Gasteiger partial charge in [0.15, 0.2) is 0 Å². The lowest BCUT2D eigenvalue weighted by Gasteiger charge is -2.14. The molecule has 8 nitrogen and oxygen atoms in total. The molecule has 21 heavy (non-hydrogen) atoms. The van der Waals surface area contributed by atoms with Gasteiger partial charge in [-0.3, -0.25) is 18.7 Å². The number of nitrogens with zero attached hydrogens (tertiary/aromatic N) is 2. The van der Waals surface area contributed by atoms with Gasteiger partial charge in [-0.2, -0.15) is 11.8 Å². The lowest BCUT2D eigenvalue weighted by atomic mass is 10.2. The first-order valence-electron chi connectivity index (χ1n) is 6.14. The zero-order valence-corrected chi connectivity index (χ0v) is 12.6. The maximum Gasteiger partial charge on any atom is 0.331 e. The number of nitrogens with one attached hydrogen (secondary N) is 1. The van der Waals surface area contributed by atoms with E-state index in [9.17, 15) is 19.2 Å². The summed E-state index contributed by atoms with van der Waals surface area (Å²) in [5.74, 6) is -1.12. The number of amides is 1. The molecule has 0 saturated heterocycles. The van der Waals surface area contributed by atoms with Crippen LogP contribution in [0.3, 0.4) is 0 Å². The van der Waals surface area contributed by atoms with E-state index in [4.69, 9.17) is 5.11 Å². The standard InChI is InChI=1S/C12H17N3O5S/c1-14-10(17)3-5-15(12(14)20)7-9(16)13-8(11(18)19)4-6-21-2/h3,5,8H,4,6-7H2,1-2H3,(H,13,16)(H,18,19)/t8-/m0/s1. The Bertz CT molecular complexity index is 637. The Labute approximate surface area is 124 Å². The van der Waals surface area contributed by atoms with Crippen molar-refractivity contribution < 1.29 is 14.7 Å². The molecule has 9 heteroatoms. The Hall–Kier alpha value is -2.03. The van der Waals surface area contributed by atoms with Gasteiger partial charge >= 0.3 is 11.7 Å². The van der Waals surface area contributed by atoms with Crippen LogP contribution in [0.1, 0.15) is 6.42 Å². The molecule has 0 aliphatic rings. The molecule has 1 rings (SSSR count). The van der Waals surface area contributed by atoms with E-state index in [0.29, 0.717) is 12.2 Å². The van der Waals surface area contributed by atoms with Crippen LogP contribution in [0.2, 0.25) is 0 Å². The summed E-state index contributed by atoms with van der Waals surface area (Å²) in [6, 6.07) is 0.171. The van der Waals surface area contributed by atoms with Gasteiger partial charge in [0.1, 0.15) is 12.6 Å². The fourth-order valence-corrected chi connectivity index (χ4v) is 2.10. The number of aliphatic carboxylic acids is 1. The minimum Gasteiger partial charge on any atom is -0.480 e. The van der Waals surface area contributed by atoms with Crippen LogP contribution in [-0.2, 0) is 23.2 Å². The number of carbonyl (C=O) groups is 2. The molecule has 1 aromatic rings. The van der Waals surface area contributed by atoms with Gasteiger partial charge in [0.05, 0.1) is 0 Å². The number of carboxylic acid groups (broad SMARTS) is 1. The van der Waals surface area contributed by atoms with E-state index in [2.05, 4.69) is 5.32 Å². The highest BCUT2D eigenvalue weighted by Crippen LogP contribution is 2.01. The molecular weight excluding hydrogens is 298 g/mol. The third kappa shape index (κ3) is 4.78. The van der Waals surface area contributed by atoms with Crippen molar-refractivity contribution >= 4 is 23.6 Å². The van der Waals surface area contributed by atoms with Gasteiger partial charge in [0.25, 0.3) is 5.56 Å². The fraction of sp³-hybridized carbons (Fsp3) is 0.500. The smallest absolute Gasteiger partial charge is 0.331 e. The van der Waals surface area contributed by atoms with Crippen LogP contribution in [0.4, 0.5) is 0 Å². The maximum atomic E-state index is 11.8. The van der Waals surface area contributed by atoms with Crippen LogP contribution >= 0.6 is 11.8 Å². The average Bonchev–Trinajstić information content (AvgIpc) is 2.43. The molecule has 0 spiro atoms. The monoisotopic (exact) mass is 315 g/mol. The molecule has 0 fully saturated rings. The summed E-state index contributed by atoms with van der Waals surface area (Å²) in [7, 11) is 1.30. The predicted molar refractivity (Wildman–Crippen MR) is 78.5 cm³/mol. The van der Waals surface area contributed by atoms with Crippen LogP contribution < -0.4 is 16.6 Å². The van der Waals surface area contributed by atoms with Gasteiger partial charge in [0, 0.05) is 19.3 Å². The molecule has 116 valence electrons. The number of carbonyl (C=O) groups excluding carboxylic acids is 1. The number of hydrogen-bond donors (Lipinski definition) is 2. The fourth-order valence-electron chi connectivity index (χ4n) is 1.62. The molecule has 0 unspecified atom stereocenters. The summed E-state index contributed by atoms with van der Waals surface area (Å²) in [4.78, 5) is 45.8. The van der Waals surface area contributed by atoms with Crippen LogP contribution in [0, 0.1) is 0 Å². The van der Waals surface area contributed by atoms with Crippen LogP contribution in [-0.4, -0.2) is 44.2 Å². The van der Waals surface area contributed by atoms with Crippen molar-refractivity contribution in [3.63, 3.8) is 0 Å². The second kappa shape index (κ2) is 7.67. The van der Waals surface area contributed by atoms with Crippen LogP contribution in [0.25, 0.3) is 0 Å². The summed E-state index contributed by atoms with van der Waals surface area (Å²) >= 11 is 1.48. The molecule has 1 aromatic heterocycles. The number of hydrogen-bond acceptors (Lipinski definition) is 5. The molecule has 1 amide bonds. The van der Waals surface area contributed by atoms with Gasteiger partial charge in [-0.25, -0.2) is 9.59 Å². The van der Waals surface area contributed by atoms with Crippen molar-refractivity contribution in [2.24, 2.45) is 7.05 Å². The predicted octanol–water partition coefficient (Wildman–Crippen LogP) is -1.13. The van der Waals surface area contributed by atoms with E-state index in [-0.39, 0.29) is 6.54 Å². The maximum absolute atomic E-state index is 11.8. The second-order valence-corrected chi connectivity index (χ2v) is 5.35. The van der Waals surface area contributed by atoms with E-state index in [1.54, 1.807) is 0 Å². The van der Waals surface area contributed by atoms with E-state index >= 15 is 0 Å². The van der Waals surface area contributed by atoms with Crippen molar-refractivity contribution in [2.75, 3.05) is 12.0 Å². The Kier molecular flexibility index (Phi) is 6.22. The largest absolute Gasteiger partial charge is 0.480 e. The molecule has 1 atom stereocenters. The first kappa shape index (κ1) is 17.0. The van der Waals surface area contributed by atoms with Crippen molar-refractivity contribution in [1.82, 2.24) is 14.5 Å². The van der Waals surface area contributed by atoms with Gasteiger partial charge in [-0.05, 0) is 18.4 Å². The van der Waals surface area contributed by atoms with Gasteiger partial charge in [-0.15, -0.1) is 0 Å². The quantitative estimate of drug-likeness (QED) is 0.659. The zero-order chi connectivity index (χ0) is 16.0. The zero-order valence-electron chi connectivity index (χ0n) is 11.7. The molecule has 0 radical (unpaired) electrons. The average molecular weight is 315 g/mol. The van der Waals surface area contributed by atoms with E-state index < -0.39 is 29.2 Å². The third-order valence-electron chi connectivity index (χ3n) is 2.82. The highest BCUT2D eigenvalue weighted by Gasteiger charge is 2.19. The number of rotatable bonds is 7. The Morgan fingerprint density at radius 1 is 1.43 bits per heavy atom. The first-order valence-corrected chi connectivity index (χ1v) is 7.53. The van der Waals surface area contributed by atoms with Crippen LogP contribution in [0.15, 0.2) is 21.9 Å². The summed E-state index contributed by atoms with van der Waals surface area (Å²) < 4.78 is 1.92. The summed E-state index contributed by atoms with van der Waals surface area (Å²) in [6.45, 7) is -0.337. The number of thioether (sulfide) groups is 1. The van der Waals surface area contributed by atoms with Gasteiger partial charge in [0.2, 0.25) is 5.91 Å². The van der Waals surface area contributed by atoms with E-state index in [1.165, 1.54) is 25.0 Å². The van der Waals surface area contributed by atoms with Crippen molar-refractivity contribution in [1.29, 1.82) is 0 Å².